The molecule has 1 aliphatic heterocycles. The number of hydrogen-bond donors (Lipinski definition) is 1. The first kappa shape index (κ1) is 17.1. The van der Waals surface area contributed by atoms with Gasteiger partial charge in [0.15, 0.2) is 0 Å². The summed E-state index contributed by atoms with van der Waals surface area (Å²) in [6, 6.07) is 18.2. The number of allylic oxidation sites excluding steroid dienone is 1. The minimum atomic E-state index is -0.330. The van der Waals surface area contributed by atoms with Gasteiger partial charge in [-0.2, -0.15) is 5.26 Å². The molecule has 134 valence electrons. The van der Waals surface area contributed by atoms with E-state index in [1.54, 1.807) is 11.3 Å². The Labute approximate surface area is 162 Å². The maximum Gasteiger partial charge on any atom is 0.205 e. The third-order valence-electron chi connectivity index (χ3n) is 4.56. The molecular weight excluding hydrogens is 356 g/mol. The first-order valence-corrected chi connectivity index (χ1v) is 9.36. The summed E-state index contributed by atoms with van der Waals surface area (Å²) < 4.78 is 5.75. The van der Waals surface area contributed by atoms with Crippen molar-refractivity contribution in [2.45, 2.75) is 5.92 Å². The number of rotatable bonds is 3. The predicted molar refractivity (Wildman–Crippen MR) is 108 cm³/mol. The molecule has 5 nitrogen and oxygen atoms in total. The number of fused-ring (bicyclic) bond motifs is 1. The van der Waals surface area contributed by atoms with E-state index in [4.69, 9.17) is 15.5 Å². The average Bonchev–Trinajstić information content (AvgIpc) is 3.16. The molecule has 0 spiro atoms. The monoisotopic (exact) mass is 374 g/mol. The fourth-order valence-electron chi connectivity index (χ4n) is 3.16. The highest BCUT2D eigenvalue weighted by Gasteiger charge is 2.32. The molecule has 6 heteroatoms. The molecule has 0 saturated carbocycles. The number of nitrogens with two attached hydrogens (primary N) is 1. The van der Waals surface area contributed by atoms with Crippen molar-refractivity contribution < 1.29 is 4.74 Å². The second-order valence-corrected chi connectivity index (χ2v) is 7.34. The number of benzene rings is 2. The van der Waals surface area contributed by atoms with Crippen LogP contribution in [0, 0.1) is 11.3 Å². The summed E-state index contributed by atoms with van der Waals surface area (Å²) in [5.41, 5.74) is 10.2. The standard InChI is InChI=1S/C21H18N4OS/c1-25(2)14-8-9-15-18(10-14)26-20(23)16(11-22)19(15)17-12-27-21(24-17)13-6-4-3-5-7-13/h3-10,12,19H,23H2,1-2H3. The molecule has 0 amide bonds. The highest BCUT2D eigenvalue weighted by Crippen LogP contribution is 2.44. The quantitative estimate of drug-likeness (QED) is 0.747. The first-order valence-electron chi connectivity index (χ1n) is 8.48. The molecule has 0 bridgehead atoms. The SMILES string of the molecule is CN(C)c1ccc2c(c1)OC(N)=C(C#N)C2c1csc(-c2ccccc2)n1. The molecule has 2 N–H and O–H groups in total. The third-order valence-corrected chi connectivity index (χ3v) is 5.47. The van der Waals surface area contributed by atoms with Crippen molar-refractivity contribution in [3.63, 3.8) is 0 Å². The fourth-order valence-corrected chi connectivity index (χ4v) is 4.01. The normalized spacial score (nSPS) is 15.7. The van der Waals surface area contributed by atoms with Crippen molar-refractivity contribution in [1.82, 2.24) is 4.98 Å². The first-order chi connectivity index (χ1) is 13.1. The van der Waals surface area contributed by atoms with E-state index < -0.39 is 0 Å². The lowest BCUT2D eigenvalue weighted by molar-refractivity contribution is 0.393. The largest absolute Gasteiger partial charge is 0.440 e. The van der Waals surface area contributed by atoms with Gasteiger partial charge in [0.05, 0.1) is 11.6 Å². The van der Waals surface area contributed by atoms with Crippen LogP contribution in [-0.2, 0) is 0 Å². The van der Waals surface area contributed by atoms with Crippen LogP contribution in [0.15, 0.2) is 65.4 Å². The van der Waals surface area contributed by atoms with Gasteiger partial charge in [-0.15, -0.1) is 11.3 Å². The van der Waals surface area contributed by atoms with E-state index >= 15 is 0 Å². The summed E-state index contributed by atoms with van der Waals surface area (Å²) in [6.07, 6.45) is 0. The van der Waals surface area contributed by atoms with Crippen LogP contribution in [0.25, 0.3) is 10.6 Å². The molecule has 3 aromatic rings. The fraction of sp³-hybridized carbons (Fsp3) is 0.143. The molecule has 0 fully saturated rings. The summed E-state index contributed by atoms with van der Waals surface area (Å²) in [7, 11) is 3.93. The summed E-state index contributed by atoms with van der Waals surface area (Å²) in [5.74, 6) is 0.473. The van der Waals surface area contributed by atoms with Crippen molar-refractivity contribution >= 4 is 17.0 Å². The highest BCUT2D eigenvalue weighted by atomic mass is 32.1. The van der Waals surface area contributed by atoms with Gasteiger partial charge in [0.25, 0.3) is 0 Å². The molecule has 27 heavy (non-hydrogen) atoms. The summed E-state index contributed by atoms with van der Waals surface area (Å²) >= 11 is 1.56. The van der Waals surface area contributed by atoms with Gasteiger partial charge in [-0.05, 0) is 6.07 Å². The van der Waals surface area contributed by atoms with Crippen LogP contribution in [0.3, 0.4) is 0 Å². The molecule has 0 radical (unpaired) electrons. The average molecular weight is 374 g/mol. The van der Waals surface area contributed by atoms with E-state index in [1.807, 2.05) is 72.9 Å². The van der Waals surface area contributed by atoms with E-state index in [2.05, 4.69) is 6.07 Å². The van der Waals surface area contributed by atoms with Gasteiger partial charge in [0.2, 0.25) is 5.88 Å². The molecule has 0 saturated heterocycles. The molecule has 0 aliphatic carbocycles. The number of aromatic nitrogens is 1. The molecule has 1 atom stereocenters. The predicted octanol–water partition coefficient (Wildman–Crippen LogP) is 4.09. The van der Waals surface area contributed by atoms with Crippen molar-refractivity contribution in [1.29, 1.82) is 5.26 Å². The Morgan fingerprint density at radius 2 is 1.96 bits per heavy atom. The van der Waals surface area contributed by atoms with Gasteiger partial charge in [0, 0.05) is 42.4 Å². The van der Waals surface area contributed by atoms with Crippen molar-refractivity contribution in [3.8, 4) is 22.4 Å². The summed E-state index contributed by atoms with van der Waals surface area (Å²) in [4.78, 5) is 6.80. The zero-order valence-corrected chi connectivity index (χ0v) is 15.8. The zero-order chi connectivity index (χ0) is 19.0. The van der Waals surface area contributed by atoms with Crippen LogP contribution in [0.5, 0.6) is 5.75 Å². The van der Waals surface area contributed by atoms with Crippen LogP contribution in [0.1, 0.15) is 17.2 Å². The van der Waals surface area contributed by atoms with Crippen LogP contribution < -0.4 is 15.4 Å². The van der Waals surface area contributed by atoms with Crippen molar-refractivity contribution in [2.75, 3.05) is 19.0 Å². The molecule has 4 rings (SSSR count). The Bertz CT molecular complexity index is 1060. The topological polar surface area (TPSA) is 75.2 Å². The van der Waals surface area contributed by atoms with Crippen molar-refractivity contribution in [2.24, 2.45) is 5.73 Å². The van der Waals surface area contributed by atoms with Gasteiger partial charge >= 0.3 is 0 Å². The number of hydrogen-bond acceptors (Lipinski definition) is 6. The molecule has 1 unspecified atom stereocenters. The Morgan fingerprint density at radius 1 is 1.19 bits per heavy atom. The van der Waals surface area contributed by atoms with E-state index in [9.17, 15) is 5.26 Å². The summed E-state index contributed by atoms with van der Waals surface area (Å²) in [5, 5.41) is 12.6. The van der Waals surface area contributed by atoms with Gasteiger partial charge in [0.1, 0.15) is 22.4 Å². The van der Waals surface area contributed by atoms with Crippen LogP contribution in [0.2, 0.25) is 0 Å². The summed E-state index contributed by atoms with van der Waals surface area (Å²) in [6.45, 7) is 0. The van der Waals surface area contributed by atoms with Crippen LogP contribution >= 0.6 is 11.3 Å². The second kappa shape index (κ2) is 6.78. The molecule has 1 aliphatic rings. The lowest BCUT2D eigenvalue weighted by Gasteiger charge is -2.26. The molecule has 1 aromatic heterocycles. The number of ether oxygens (including phenoxy) is 1. The minimum Gasteiger partial charge on any atom is -0.440 e. The van der Waals surface area contributed by atoms with Gasteiger partial charge < -0.3 is 15.4 Å². The van der Waals surface area contributed by atoms with E-state index in [0.29, 0.717) is 11.3 Å². The van der Waals surface area contributed by atoms with Gasteiger partial charge in [-0.1, -0.05) is 36.4 Å². The Morgan fingerprint density at radius 3 is 2.67 bits per heavy atom. The second-order valence-electron chi connectivity index (χ2n) is 6.48. The zero-order valence-electron chi connectivity index (χ0n) is 15.0. The maximum atomic E-state index is 9.68. The molecule has 2 aromatic carbocycles. The highest BCUT2D eigenvalue weighted by molar-refractivity contribution is 7.13. The minimum absolute atomic E-state index is 0.139. The Kier molecular flexibility index (Phi) is 4.30. The lowest BCUT2D eigenvalue weighted by Crippen LogP contribution is -2.21. The molecule has 2 heterocycles. The number of thiazole rings is 1. The number of nitriles is 1. The third kappa shape index (κ3) is 3.03. The number of anilines is 1. The van der Waals surface area contributed by atoms with Crippen LogP contribution in [-0.4, -0.2) is 19.1 Å². The van der Waals surface area contributed by atoms with Gasteiger partial charge in [-0.25, -0.2) is 4.98 Å². The lowest BCUT2D eigenvalue weighted by atomic mass is 9.87. The van der Waals surface area contributed by atoms with Gasteiger partial charge in [-0.3, -0.25) is 0 Å². The Hall–Kier alpha value is -3.30. The molecular formula is C21H18N4OS. The van der Waals surface area contributed by atoms with E-state index in [-0.39, 0.29) is 11.8 Å². The van der Waals surface area contributed by atoms with Crippen LogP contribution in [0.4, 0.5) is 5.69 Å². The van der Waals surface area contributed by atoms with E-state index in [0.717, 1.165) is 27.5 Å². The smallest absolute Gasteiger partial charge is 0.205 e. The Balaban J connectivity index is 1.82. The number of nitrogens with zero attached hydrogens (tertiary/aromatic N) is 3. The van der Waals surface area contributed by atoms with E-state index in [1.165, 1.54) is 0 Å². The van der Waals surface area contributed by atoms with Crippen molar-refractivity contribution in [3.05, 3.63) is 76.6 Å². The maximum absolute atomic E-state index is 9.68.